The Labute approximate surface area is 165 Å². The zero-order chi connectivity index (χ0) is 20.3. The Hall–Kier alpha value is -3.14. The second-order valence-corrected chi connectivity index (χ2v) is 6.54. The van der Waals surface area contributed by atoms with Crippen LogP contribution in [0.4, 0.5) is 4.39 Å². The molecule has 0 saturated carbocycles. The molecule has 142 valence electrons. The molecule has 0 bridgehead atoms. The van der Waals surface area contributed by atoms with Gasteiger partial charge in [0, 0.05) is 30.4 Å². The summed E-state index contributed by atoms with van der Waals surface area (Å²) in [6, 6.07) is 9.54. The van der Waals surface area contributed by atoms with Gasteiger partial charge in [0.2, 0.25) is 5.43 Å². The van der Waals surface area contributed by atoms with Gasteiger partial charge < -0.3 is 15.0 Å². The number of carbonyl (C=O) groups is 1. The summed E-state index contributed by atoms with van der Waals surface area (Å²) in [6.07, 6.45) is 1.31. The molecular weight excluding hydrogens is 383 g/mol. The Morgan fingerprint density at radius 2 is 2.00 bits per heavy atom. The first-order valence-corrected chi connectivity index (χ1v) is 8.73. The molecule has 3 rings (SSSR count). The number of fused-ring (bicyclic) bond motifs is 1. The summed E-state index contributed by atoms with van der Waals surface area (Å²) >= 11 is 5.84. The summed E-state index contributed by atoms with van der Waals surface area (Å²) in [7, 11) is 1.56. The summed E-state index contributed by atoms with van der Waals surface area (Å²) in [5.41, 5.74) is 0.454. The van der Waals surface area contributed by atoms with E-state index in [-0.39, 0.29) is 35.2 Å². The number of carbonyl (C=O) groups excluding carboxylic acids is 1. The van der Waals surface area contributed by atoms with Crippen LogP contribution < -0.4 is 10.7 Å². The fourth-order valence-electron chi connectivity index (χ4n) is 2.85. The summed E-state index contributed by atoms with van der Waals surface area (Å²) in [5.74, 6) is 3.79. The van der Waals surface area contributed by atoms with Crippen molar-refractivity contribution < 1.29 is 14.3 Å². The Bertz CT molecular complexity index is 1170. The molecule has 0 spiro atoms. The summed E-state index contributed by atoms with van der Waals surface area (Å²) in [6.45, 7) is -0.168. The number of hydrogen-bond acceptors (Lipinski definition) is 3. The smallest absolute Gasteiger partial charge is 0.257 e. The van der Waals surface area contributed by atoms with Gasteiger partial charge in [-0.25, -0.2) is 4.39 Å². The molecule has 0 aliphatic rings. The number of hydrogen-bond donors (Lipinski definition) is 2. The van der Waals surface area contributed by atoms with E-state index in [1.165, 1.54) is 22.9 Å². The van der Waals surface area contributed by atoms with Crippen LogP contribution in [-0.2, 0) is 13.6 Å². The number of rotatable bonds is 3. The Kier molecular flexibility index (Phi) is 5.78. The number of nitrogens with zero attached hydrogens (tertiary/aromatic N) is 1. The van der Waals surface area contributed by atoms with Crippen LogP contribution in [0.1, 0.15) is 21.5 Å². The molecule has 2 N–H and O–H groups in total. The summed E-state index contributed by atoms with van der Waals surface area (Å²) < 4.78 is 15.8. The van der Waals surface area contributed by atoms with Crippen molar-refractivity contribution in [2.45, 2.75) is 6.54 Å². The fourth-order valence-corrected chi connectivity index (χ4v) is 2.97. The Morgan fingerprint density at radius 1 is 1.29 bits per heavy atom. The molecule has 0 atom stereocenters. The molecule has 5 nitrogen and oxygen atoms in total. The van der Waals surface area contributed by atoms with Crippen molar-refractivity contribution in [1.82, 2.24) is 9.88 Å². The van der Waals surface area contributed by atoms with Gasteiger partial charge in [0.05, 0.1) is 10.9 Å². The molecule has 0 radical (unpaired) electrons. The van der Waals surface area contributed by atoms with Gasteiger partial charge in [-0.05, 0) is 29.8 Å². The third kappa shape index (κ3) is 4.06. The monoisotopic (exact) mass is 398 g/mol. The summed E-state index contributed by atoms with van der Waals surface area (Å²) in [4.78, 5) is 25.3. The van der Waals surface area contributed by atoms with Crippen molar-refractivity contribution in [1.29, 1.82) is 0 Å². The quantitative estimate of drug-likeness (QED) is 0.666. The Morgan fingerprint density at radius 3 is 2.68 bits per heavy atom. The molecule has 1 amide bonds. The second kappa shape index (κ2) is 8.26. The van der Waals surface area contributed by atoms with Crippen LogP contribution >= 0.6 is 11.6 Å². The number of halogens is 2. The van der Waals surface area contributed by atoms with Crippen molar-refractivity contribution in [3.05, 3.63) is 80.3 Å². The maximum atomic E-state index is 14.4. The first kappa shape index (κ1) is 19.6. The zero-order valence-electron chi connectivity index (χ0n) is 14.9. The minimum Gasteiger partial charge on any atom is -0.384 e. The standard InChI is InChI=1S/C21H16ClFN2O3/c1-25-12-17(21(28)24-11-13-4-6-15(22)7-5-13)20(27)16-9-14(3-2-8-26)10-18(23)19(16)25/h4-7,9-10,12,26H,8,11H2,1H3,(H,24,28). The second-order valence-electron chi connectivity index (χ2n) is 6.11. The van der Waals surface area contributed by atoms with Crippen LogP contribution in [0.2, 0.25) is 5.02 Å². The lowest BCUT2D eigenvalue weighted by atomic mass is 10.1. The lowest BCUT2D eigenvalue weighted by Crippen LogP contribution is -2.29. The average molecular weight is 399 g/mol. The molecule has 7 heteroatoms. The van der Waals surface area contributed by atoms with E-state index in [0.717, 1.165) is 5.56 Å². The molecule has 0 aliphatic heterocycles. The maximum absolute atomic E-state index is 14.4. The van der Waals surface area contributed by atoms with Gasteiger partial charge in [0.25, 0.3) is 5.91 Å². The van der Waals surface area contributed by atoms with Gasteiger partial charge >= 0.3 is 0 Å². The van der Waals surface area contributed by atoms with Crippen molar-refractivity contribution in [3.63, 3.8) is 0 Å². The van der Waals surface area contributed by atoms with Gasteiger partial charge in [0.15, 0.2) is 0 Å². The van der Waals surface area contributed by atoms with Gasteiger partial charge in [-0.2, -0.15) is 0 Å². The lowest BCUT2D eigenvalue weighted by Gasteiger charge is -2.11. The highest BCUT2D eigenvalue weighted by Gasteiger charge is 2.17. The molecule has 0 fully saturated rings. The first-order chi connectivity index (χ1) is 13.4. The highest BCUT2D eigenvalue weighted by atomic mass is 35.5. The third-order valence-corrected chi connectivity index (χ3v) is 4.40. The molecule has 28 heavy (non-hydrogen) atoms. The fraction of sp³-hybridized carbons (Fsp3) is 0.143. The van der Waals surface area contributed by atoms with Crippen molar-refractivity contribution in [2.75, 3.05) is 6.61 Å². The van der Waals surface area contributed by atoms with Crippen molar-refractivity contribution in [2.24, 2.45) is 7.05 Å². The van der Waals surface area contributed by atoms with Crippen molar-refractivity contribution >= 4 is 28.4 Å². The van der Waals surface area contributed by atoms with E-state index in [4.69, 9.17) is 16.7 Å². The Balaban J connectivity index is 1.98. The van der Waals surface area contributed by atoms with Crippen LogP contribution in [-0.4, -0.2) is 22.2 Å². The lowest BCUT2D eigenvalue weighted by molar-refractivity contribution is 0.0949. The largest absolute Gasteiger partial charge is 0.384 e. The number of benzene rings is 2. The summed E-state index contributed by atoms with van der Waals surface area (Å²) in [5, 5.41) is 12.1. The predicted molar refractivity (Wildman–Crippen MR) is 106 cm³/mol. The van der Waals surface area contributed by atoms with E-state index >= 15 is 0 Å². The number of aryl methyl sites for hydroxylation is 1. The number of aromatic nitrogens is 1. The number of aliphatic hydroxyl groups excluding tert-OH is 1. The highest BCUT2D eigenvalue weighted by Crippen LogP contribution is 2.18. The molecule has 2 aromatic carbocycles. The van der Waals surface area contributed by atoms with Crippen LogP contribution in [0.5, 0.6) is 0 Å². The molecule has 3 aromatic rings. The van der Waals surface area contributed by atoms with Crippen LogP contribution in [0, 0.1) is 17.7 Å². The zero-order valence-corrected chi connectivity index (χ0v) is 15.7. The molecule has 0 unspecified atom stereocenters. The molecule has 1 heterocycles. The van der Waals surface area contributed by atoms with Gasteiger partial charge in [-0.15, -0.1) is 0 Å². The number of aliphatic hydroxyl groups is 1. The van der Waals surface area contributed by atoms with E-state index in [0.29, 0.717) is 5.02 Å². The normalized spacial score (nSPS) is 10.4. The van der Waals surface area contributed by atoms with Gasteiger partial charge in [-0.1, -0.05) is 35.6 Å². The van der Waals surface area contributed by atoms with E-state index in [1.807, 2.05) is 0 Å². The first-order valence-electron chi connectivity index (χ1n) is 8.36. The number of pyridine rings is 1. The van der Waals surface area contributed by atoms with E-state index in [2.05, 4.69) is 17.2 Å². The van der Waals surface area contributed by atoms with Gasteiger partial charge in [-0.3, -0.25) is 9.59 Å². The van der Waals surface area contributed by atoms with E-state index in [1.54, 1.807) is 31.3 Å². The number of amides is 1. The van der Waals surface area contributed by atoms with Crippen LogP contribution in [0.25, 0.3) is 10.9 Å². The van der Waals surface area contributed by atoms with Crippen LogP contribution in [0.15, 0.2) is 47.4 Å². The average Bonchev–Trinajstić information content (AvgIpc) is 2.68. The molecule has 0 saturated heterocycles. The third-order valence-electron chi connectivity index (χ3n) is 4.15. The van der Waals surface area contributed by atoms with E-state index in [9.17, 15) is 14.0 Å². The number of nitrogens with one attached hydrogen (secondary N) is 1. The SMILES string of the molecule is Cn1cc(C(=O)NCc2ccc(Cl)cc2)c(=O)c2cc(C#CCO)cc(F)c21. The molecule has 1 aromatic heterocycles. The highest BCUT2D eigenvalue weighted by molar-refractivity contribution is 6.30. The minimum absolute atomic E-state index is 0.0453. The topological polar surface area (TPSA) is 71.3 Å². The molecular formula is C21H16ClFN2O3. The molecule has 0 aliphatic carbocycles. The van der Waals surface area contributed by atoms with Crippen LogP contribution in [0.3, 0.4) is 0 Å². The maximum Gasteiger partial charge on any atom is 0.257 e. The minimum atomic E-state index is -0.632. The van der Waals surface area contributed by atoms with Crippen molar-refractivity contribution in [3.8, 4) is 11.8 Å². The van der Waals surface area contributed by atoms with E-state index < -0.39 is 17.2 Å². The predicted octanol–water partition coefficient (Wildman–Crippen LogP) is 2.60. The van der Waals surface area contributed by atoms with Gasteiger partial charge in [0.1, 0.15) is 18.0 Å².